The zero-order chi connectivity index (χ0) is 13.7. The Morgan fingerprint density at radius 2 is 1.59 bits per heavy atom. The van der Waals surface area contributed by atoms with E-state index in [1.165, 1.54) is 6.26 Å². The van der Waals surface area contributed by atoms with Crippen LogP contribution in [0.4, 0.5) is 0 Å². The van der Waals surface area contributed by atoms with Crippen molar-refractivity contribution in [2.75, 3.05) is 30.9 Å². The molecule has 0 aliphatic carbocycles. The molecular weight excluding hydrogens is 262 g/mol. The van der Waals surface area contributed by atoms with E-state index in [9.17, 15) is 16.8 Å². The lowest BCUT2D eigenvalue weighted by atomic mass is 10.2. The average molecular weight is 285 g/mol. The zero-order valence-electron chi connectivity index (χ0n) is 11.0. The van der Waals surface area contributed by atoms with Gasteiger partial charge in [-0.25, -0.2) is 16.8 Å². The molecule has 0 bridgehead atoms. The maximum absolute atomic E-state index is 11.4. The number of rotatable bonds is 8. The molecule has 0 atom stereocenters. The maximum Gasteiger partial charge on any atom is 0.153 e. The first kappa shape index (κ1) is 16.9. The number of nitrogens with one attached hydrogen (secondary N) is 1. The lowest BCUT2D eigenvalue weighted by Crippen LogP contribution is -2.42. The lowest BCUT2D eigenvalue weighted by Gasteiger charge is -2.22. The minimum Gasteiger partial charge on any atom is -0.314 e. The van der Waals surface area contributed by atoms with Gasteiger partial charge in [0, 0.05) is 25.1 Å². The monoisotopic (exact) mass is 285 g/mol. The average Bonchev–Trinajstić information content (AvgIpc) is 2.10. The van der Waals surface area contributed by atoms with E-state index >= 15 is 0 Å². The summed E-state index contributed by atoms with van der Waals surface area (Å²) in [6, 6.07) is 0. The van der Waals surface area contributed by atoms with Crippen molar-refractivity contribution >= 4 is 19.7 Å². The van der Waals surface area contributed by atoms with Gasteiger partial charge in [0.1, 0.15) is 0 Å². The molecule has 104 valence electrons. The molecule has 0 radical (unpaired) electrons. The second-order valence-electron chi connectivity index (χ2n) is 4.86. The number of hydrogen-bond acceptors (Lipinski definition) is 5. The minimum absolute atomic E-state index is 0.0562. The van der Waals surface area contributed by atoms with Crippen LogP contribution in [0.15, 0.2) is 0 Å². The highest BCUT2D eigenvalue weighted by molar-refractivity contribution is 7.92. The molecule has 0 rings (SSSR count). The smallest absolute Gasteiger partial charge is 0.153 e. The van der Waals surface area contributed by atoms with Gasteiger partial charge in [-0.2, -0.15) is 0 Å². The fraction of sp³-hybridized carbons (Fsp3) is 1.00. The van der Waals surface area contributed by atoms with Gasteiger partial charge in [-0.1, -0.05) is 6.92 Å². The summed E-state index contributed by atoms with van der Waals surface area (Å²) in [5, 5.41) is 2.89. The van der Waals surface area contributed by atoms with Crippen LogP contribution in [-0.2, 0) is 19.7 Å². The van der Waals surface area contributed by atoms with E-state index in [4.69, 9.17) is 0 Å². The van der Waals surface area contributed by atoms with E-state index in [1.807, 2.05) is 6.92 Å². The van der Waals surface area contributed by atoms with Gasteiger partial charge in [0.25, 0.3) is 0 Å². The normalized spacial score (nSPS) is 13.9. The summed E-state index contributed by atoms with van der Waals surface area (Å²) in [5.41, 5.74) is 0. The van der Waals surface area contributed by atoms with Crippen molar-refractivity contribution in [3.63, 3.8) is 0 Å². The van der Waals surface area contributed by atoms with Gasteiger partial charge >= 0.3 is 0 Å². The van der Waals surface area contributed by atoms with Gasteiger partial charge < -0.3 is 5.32 Å². The molecule has 0 aliphatic rings. The molecule has 0 saturated carbocycles. The van der Waals surface area contributed by atoms with E-state index in [1.54, 1.807) is 13.8 Å². The van der Waals surface area contributed by atoms with Crippen LogP contribution in [-0.4, -0.2) is 52.4 Å². The van der Waals surface area contributed by atoms with Crippen molar-refractivity contribution < 1.29 is 16.8 Å². The highest BCUT2D eigenvalue weighted by atomic mass is 32.2. The van der Waals surface area contributed by atoms with Crippen LogP contribution in [0.3, 0.4) is 0 Å². The van der Waals surface area contributed by atoms with Gasteiger partial charge in [-0.05, 0) is 20.3 Å². The predicted molar refractivity (Wildman–Crippen MR) is 70.7 cm³/mol. The molecular formula is C10H23NO4S2. The van der Waals surface area contributed by atoms with Gasteiger partial charge in [0.15, 0.2) is 19.7 Å². The quantitative estimate of drug-likeness (QED) is 0.646. The maximum atomic E-state index is 11.4. The first-order valence-electron chi connectivity index (χ1n) is 5.62. The van der Waals surface area contributed by atoms with E-state index < -0.39 is 24.4 Å². The summed E-state index contributed by atoms with van der Waals surface area (Å²) >= 11 is 0. The summed E-state index contributed by atoms with van der Waals surface area (Å²) < 4.78 is 44.7. The Morgan fingerprint density at radius 1 is 1.06 bits per heavy atom. The highest BCUT2D eigenvalue weighted by Crippen LogP contribution is 2.13. The summed E-state index contributed by atoms with van der Waals surface area (Å²) in [6.45, 7) is 5.61. The number of sulfone groups is 2. The molecule has 17 heavy (non-hydrogen) atoms. The SMILES string of the molecule is CCCS(=O)(=O)CCNCC(C)(C)S(C)(=O)=O. The predicted octanol–water partition coefficient (Wildman–Crippen LogP) is 0.224. The van der Waals surface area contributed by atoms with E-state index in [-0.39, 0.29) is 18.1 Å². The summed E-state index contributed by atoms with van der Waals surface area (Å²) in [4.78, 5) is 0. The topological polar surface area (TPSA) is 80.3 Å². The second-order valence-corrected chi connectivity index (χ2v) is 9.81. The third-order valence-corrected chi connectivity index (χ3v) is 6.67. The molecule has 0 amide bonds. The lowest BCUT2D eigenvalue weighted by molar-refractivity contribution is 0.526. The highest BCUT2D eigenvalue weighted by Gasteiger charge is 2.29. The van der Waals surface area contributed by atoms with Crippen LogP contribution >= 0.6 is 0 Å². The summed E-state index contributed by atoms with van der Waals surface area (Å²) in [6.07, 6.45) is 1.79. The molecule has 0 spiro atoms. The molecule has 0 aromatic heterocycles. The van der Waals surface area contributed by atoms with Crippen LogP contribution in [0.25, 0.3) is 0 Å². The molecule has 0 aromatic rings. The van der Waals surface area contributed by atoms with Crippen LogP contribution < -0.4 is 5.32 Å². The van der Waals surface area contributed by atoms with E-state index in [0.29, 0.717) is 13.0 Å². The second kappa shape index (κ2) is 6.15. The standard InChI is InChI=1S/C10H23NO4S2/c1-5-7-17(14,15)8-6-11-9-10(2,3)16(4,12)13/h11H,5-9H2,1-4H3. The van der Waals surface area contributed by atoms with Crippen molar-refractivity contribution in [1.82, 2.24) is 5.32 Å². The van der Waals surface area contributed by atoms with Crippen molar-refractivity contribution in [3.8, 4) is 0 Å². The largest absolute Gasteiger partial charge is 0.314 e. The molecule has 0 unspecified atom stereocenters. The molecule has 0 heterocycles. The zero-order valence-corrected chi connectivity index (χ0v) is 12.6. The van der Waals surface area contributed by atoms with Gasteiger partial charge in [0.05, 0.1) is 10.5 Å². The molecule has 0 fully saturated rings. The molecule has 5 nitrogen and oxygen atoms in total. The summed E-state index contributed by atoms with van der Waals surface area (Å²) in [5.74, 6) is 0.241. The van der Waals surface area contributed by atoms with Gasteiger partial charge in [-0.15, -0.1) is 0 Å². The molecule has 1 N–H and O–H groups in total. The molecule has 0 aliphatic heterocycles. The summed E-state index contributed by atoms with van der Waals surface area (Å²) in [7, 11) is -6.14. The molecule has 0 aromatic carbocycles. The van der Waals surface area contributed by atoms with Gasteiger partial charge in [-0.3, -0.25) is 0 Å². The van der Waals surface area contributed by atoms with Crippen LogP contribution in [0.2, 0.25) is 0 Å². The van der Waals surface area contributed by atoms with Crippen molar-refractivity contribution in [1.29, 1.82) is 0 Å². The first-order valence-corrected chi connectivity index (χ1v) is 9.34. The Hall–Kier alpha value is -0.140. The van der Waals surface area contributed by atoms with Crippen LogP contribution in [0.5, 0.6) is 0 Å². The molecule has 0 saturated heterocycles. The van der Waals surface area contributed by atoms with E-state index in [2.05, 4.69) is 5.32 Å². The van der Waals surface area contributed by atoms with Crippen LogP contribution in [0.1, 0.15) is 27.2 Å². The third kappa shape index (κ3) is 6.38. The fourth-order valence-corrected chi connectivity index (χ4v) is 2.81. The van der Waals surface area contributed by atoms with E-state index in [0.717, 1.165) is 0 Å². The Kier molecular flexibility index (Phi) is 6.10. The molecule has 7 heteroatoms. The Balaban J connectivity index is 4.11. The van der Waals surface area contributed by atoms with Crippen molar-refractivity contribution in [3.05, 3.63) is 0 Å². The van der Waals surface area contributed by atoms with Crippen molar-refractivity contribution in [2.24, 2.45) is 0 Å². The van der Waals surface area contributed by atoms with Gasteiger partial charge in [0.2, 0.25) is 0 Å². The van der Waals surface area contributed by atoms with Crippen LogP contribution in [0, 0.1) is 0 Å². The van der Waals surface area contributed by atoms with Crippen molar-refractivity contribution in [2.45, 2.75) is 31.9 Å². The number of hydrogen-bond donors (Lipinski definition) is 1. The minimum atomic E-state index is -3.14. The third-order valence-electron chi connectivity index (χ3n) is 2.66. The first-order chi connectivity index (χ1) is 7.52. The fourth-order valence-electron chi connectivity index (χ4n) is 1.16. The Morgan fingerprint density at radius 3 is 2.00 bits per heavy atom. The Bertz CT molecular complexity index is 423. The Labute approximate surface area is 105 Å².